The molecule has 1 aliphatic rings. The molecule has 4 aromatic rings. The van der Waals surface area contributed by atoms with E-state index in [0.717, 1.165) is 22.6 Å². The largest absolute Gasteiger partial charge is 0.489 e. The van der Waals surface area contributed by atoms with E-state index in [-0.39, 0.29) is 26.4 Å². The fourth-order valence-corrected chi connectivity index (χ4v) is 5.64. The fourth-order valence-electron chi connectivity index (χ4n) is 4.52. The number of benzene rings is 3. The number of anilines is 1. The SMILES string of the molecule is Cc1cc(/C=C2\C(=O)NC(=S)N(c3cccc(Cl)c3Cl)C2=O)c(C)n1-c1ccc(OCc2ccc(Cl)cc2Cl)cc1. The second kappa shape index (κ2) is 11.9. The van der Waals surface area contributed by atoms with E-state index < -0.39 is 11.8 Å². The van der Waals surface area contributed by atoms with Crippen LogP contribution in [0.4, 0.5) is 5.69 Å². The third-order valence-electron chi connectivity index (χ3n) is 6.55. The number of amides is 2. The van der Waals surface area contributed by atoms with Crippen molar-refractivity contribution in [2.24, 2.45) is 0 Å². The minimum Gasteiger partial charge on any atom is -0.489 e. The van der Waals surface area contributed by atoms with Gasteiger partial charge in [-0.1, -0.05) is 58.5 Å². The van der Waals surface area contributed by atoms with Gasteiger partial charge in [0, 0.05) is 32.7 Å². The van der Waals surface area contributed by atoms with Crippen LogP contribution in [0, 0.1) is 13.8 Å². The Balaban J connectivity index is 1.40. The van der Waals surface area contributed by atoms with E-state index in [9.17, 15) is 9.59 Å². The van der Waals surface area contributed by atoms with Crippen molar-refractivity contribution in [1.29, 1.82) is 0 Å². The lowest BCUT2D eigenvalue weighted by Gasteiger charge is -2.29. The molecule has 0 radical (unpaired) electrons. The second-order valence-corrected chi connectivity index (χ2v) is 11.2. The number of aromatic nitrogens is 1. The van der Waals surface area contributed by atoms with E-state index in [1.165, 1.54) is 4.90 Å². The third kappa shape index (κ3) is 5.87. The van der Waals surface area contributed by atoms with E-state index in [1.54, 1.807) is 36.4 Å². The Bertz CT molecular complexity index is 1750. The second-order valence-electron chi connectivity index (χ2n) is 9.21. The fraction of sp³-hybridized carbons (Fsp3) is 0.100. The number of carbonyl (C=O) groups excluding carboxylic acids is 2. The molecular weight excluding hydrogens is 624 g/mol. The smallest absolute Gasteiger partial charge is 0.270 e. The van der Waals surface area contributed by atoms with Crippen LogP contribution in [0.15, 0.2) is 72.3 Å². The summed E-state index contributed by atoms with van der Waals surface area (Å²) in [5.41, 5.74) is 4.35. The molecule has 1 aromatic heterocycles. The molecule has 0 spiro atoms. The zero-order valence-electron chi connectivity index (χ0n) is 21.7. The van der Waals surface area contributed by atoms with Crippen molar-refractivity contribution in [2.75, 3.05) is 4.90 Å². The molecule has 0 bridgehead atoms. The van der Waals surface area contributed by atoms with Gasteiger partial charge in [0.25, 0.3) is 11.8 Å². The Kier molecular flexibility index (Phi) is 8.45. The number of hydrogen-bond acceptors (Lipinski definition) is 4. The van der Waals surface area contributed by atoms with Gasteiger partial charge in [0.15, 0.2) is 5.11 Å². The van der Waals surface area contributed by atoms with Gasteiger partial charge in [0.2, 0.25) is 0 Å². The predicted octanol–water partition coefficient (Wildman–Crippen LogP) is 8.12. The first kappa shape index (κ1) is 29.2. The standard InChI is InChI=1S/C30H21Cl4N3O3S/c1-16-12-19(13-23-28(38)35-30(41)37(29(23)39)26-5-3-4-24(32)27(26)34)17(2)36(16)21-8-10-22(11-9-21)40-15-18-6-7-20(31)14-25(18)33/h3-14H,15H2,1-2H3,(H,35,38,41)/b23-13+. The lowest BCUT2D eigenvalue weighted by Crippen LogP contribution is -2.54. The lowest BCUT2D eigenvalue weighted by atomic mass is 10.1. The van der Waals surface area contributed by atoms with Crippen molar-refractivity contribution in [3.8, 4) is 11.4 Å². The molecular formula is C30H21Cl4N3O3S. The maximum atomic E-state index is 13.5. The Morgan fingerprint density at radius 3 is 2.37 bits per heavy atom. The highest BCUT2D eigenvalue weighted by Crippen LogP contribution is 2.35. The number of hydrogen-bond donors (Lipinski definition) is 1. The van der Waals surface area contributed by atoms with E-state index in [1.807, 2.05) is 54.8 Å². The van der Waals surface area contributed by atoms with Gasteiger partial charge in [-0.3, -0.25) is 19.8 Å². The van der Waals surface area contributed by atoms with Crippen molar-refractivity contribution < 1.29 is 14.3 Å². The summed E-state index contributed by atoms with van der Waals surface area (Å²) in [4.78, 5) is 27.5. The van der Waals surface area contributed by atoms with Crippen LogP contribution in [0.5, 0.6) is 5.75 Å². The van der Waals surface area contributed by atoms with Crippen LogP contribution in [0.3, 0.4) is 0 Å². The van der Waals surface area contributed by atoms with Crippen molar-refractivity contribution in [3.05, 3.63) is 115 Å². The highest BCUT2D eigenvalue weighted by molar-refractivity contribution is 7.80. The number of thiocarbonyl (C=S) groups is 1. The Morgan fingerprint density at radius 1 is 0.927 bits per heavy atom. The monoisotopic (exact) mass is 643 g/mol. The highest BCUT2D eigenvalue weighted by atomic mass is 35.5. The summed E-state index contributed by atoms with van der Waals surface area (Å²) in [5.74, 6) is -0.527. The topological polar surface area (TPSA) is 63.6 Å². The molecule has 5 rings (SSSR count). The Hall–Kier alpha value is -3.33. The summed E-state index contributed by atoms with van der Waals surface area (Å²) in [5, 5.41) is 4.02. The zero-order chi connectivity index (χ0) is 29.4. The predicted molar refractivity (Wildman–Crippen MR) is 169 cm³/mol. The molecule has 0 unspecified atom stereocenters. The third-order valence-corrected chi connectivity index (χ3v) is 8.23. The molecule has 1 N–H and O–H groups in total. The summed E-state index contributed by atoms with van der Waals surface area (Å²) in [6.45, 7) is 4.15. The molecule has 2 amide bonds. The Labute approximate surface area is 262 Å². The first-order valence-electron chi connectivity index (χ1n) is 12.3. The quantitative estimate of drug-likeness (QED) is 0.131. The van der Waals surface area contributed by atoms with Crippen LogP contribution < -0.4 is 15.0 Å². The highest BCUT2D eigenvalue weighted by Gasteiger charge is 2.36. The van der Waals surface area contributed by atoms with Crippen molar-refractivity contribution in [3.63, 3.8) is 0 Å². The van der Waals surface area contributed by atoms with Gasteiger partial charge in [0.05, 0.1) is 15.7 Å². The molecule has 3 aromatic carbocycles. The molecule has 2 heterocycles. The molecule has 1 fully saturated rings. The summed E-state index contributed by atoms with van der Waals surface area (Å²) in [6.07, 6.45) is 1.55. The number of rotatable bonds is 6. The first-order valence-corrected chi connectivity index (χ1v) is 14.2. The van der Waals surface area contributed by atoms with Gasteiger partial charge in [0.1, 0.15) is 17.9 Å². The van der Waals surface area contributed by atoms with Crippen molar-refractivity contribution in [1.82, 2.24) is 9.88 Å². The van der Waals surface area contributed by atoms with E-state index in [4.69, 9.17) is 63.4 Å². The molecule has 41 heavy (non-hydrogen) atoms. The van der Waals surface area contributed by atoms with Gasteiger partial charge < -0.3 is 9.30 Å². The van der Waals surface area contributed by atoms with Crippen molar-refractivity contribution in [2.45, 2.75) is 20.5 Å². The molecule has 11 heteroatoms. The zero-order valence-corrected chi connectivity index (χ0v) is 25.5. The maximum Gasteiger partial charge on any atom is 0.270 e. The number of nitrogens with one attached hydrogen (secondary N) is 1. The minimum absolute atomic E-state index is 0.0765. The van der Waals surface area contributed by atoms with E-state index >= 15 is 0 Å². The number of nitrogens with zero attached hydrogens (tertiary/aromatic N) is 2. The summed E-state index contributed by atoms with van der Waals surface area (Å²) in [7, 11) is 0. The lowest BCUT2D eigenvalue weighted by molar-refractivity contribution is -0.122. The average molecular weight is 645 g/mol. The minimum atomic E-state index is -0.602. The summed E-state index contributed by atoms with van der Waals surface area (Å²) in [6, 6.07) is 19.6. The van der Waals surface area contributed by atoms with E-state index in [0.29, 0.717) is 28.0 Å². The van der Waals surface area contributed by atoms with Gasteiger partial charge in [-0.15, -0.1) is 0 Å². The molecule has 208 valence electrons. The van der Waals surface area contributed by atoms with E-state index in [2.05, 4.69) is 5.32 Å². The van der Waals surface area contributed by atoms with Gasteiger partial charge in [-0.05, 0) is 92.3 Å². The summed E-state index contributed by atoms with van der Waals surface area (Å²) < 4.78 is 7.92. The van der Waals surface area contributed by atoms with Crippen LogP contribution >= 0.6 is 58.6 Å². The van der Waals surface area contributed by atoms with Crippen LogP contribution in [-0.2, 0) is 16.2 Å². The van der Waals surface area contributed by atoms with Gasteiger partial charge in [-0.2, -0.15) is 0 Å². The summed E-state index contributed by atoms with van der Waals surface area (Å²) >= 11 is 30.0. The average Bonchev–Trinajstić information content (AvgIpc) is 3.21. The number of aryl methyl sites for hydroxylation is 1. The maximum absolute atomic E-state index is 13.5. The number of carbonyl (C=O) groups is 2. The molecule has 0 aliphatic carbocycles. The van der Waals surface area contributed by atoms with Crippen LogP contribution in [0.2, 0.25) is 20.1 Å². The number of ether oxygens (including phenoxy) is 1. The molecule has 0 saturated carbocycles. The normalized spacial score (nSPS) is 14.5. The Morgan fingerprint density at radius 2 is 1.66 bits per heavy atom. The van der Waals surface area contributed by atoms with Gasteiger partial charge in [-0.25, -0.2) is 0 Å². The molecule has 1 saturated heterocycles. The molecule has 6 nitrogen and oxygen atoms in total. The number of halogens is 4. The van der Waals surface area contributed by atoms with Crippen LogP contribution in [-0.4, -0.2) is 21.5 Å². The van der Waals surface area contributed by atoms with Crippen molar-refractivity contribution >= 4 is 87.3 Å². The molecule has 1 aliphatic heterocycles. The van der Waals surface area contributed by atoms with Crippen LogP contribution in [0.25, 0.3) is 11.8 Å². The van der Waals surface area contributed by atoms with Gasteiger partial charge >= 0.3 is 0 Å². The molecule has 0 atom stereocenters. The van der Waals surface area contributed by atoms with Crippen LogP contribution in [0.1, 0.15) is 22.5 Å². The first-order chi connectivity index (χ1) is 19.5.